The molecule has 1 aliphatic heterocycles. The first-order chi connectivity index (χ1) is 8.63. The monoisotopic (exact) mass is 315 g/mol. The minimum Gasteiger partial charge on any atom is -0.473 e. The second-order valence-corrected chi connectivity index (χ2v) is 4.54. The summed E-state index contributed by atoms with van der Waals surface area (Å²) in [5, 5.41) is 0. The number of hydrogen-bond acceptors (Lipinski definition) is 4. The number of carbonyl (C=O) groups excluding carboxylic acids is 1. The third-order valence-corrected chi connectivity index (χ3v) is 3.12. The quantitative estimate of drug-likeness (QED) is 0.806. The van der Waals surface area contributed by atoms with Gasteiger partial charge in [0.15, 0.2) is 18.5 Å². The van der Waals surface area contributed by atoms with Gasteiger partial charge in [0.25, 0.3) is 0 Å². The van der Waals surface area contributed by atoms with E-state index in [0.717, 1.165) is 0 Å². The van der Waals surface area contributed by atoms with Gasteiger partial charge in [0.05, 0.1) is 11.1 Å². The molecule has 2 rings (SSSR count). The first kappa shape index (κ1) is 13.0. The third-order valence-electron chi connectivity index (χ3n) is 2.52. The molecule has 1 heterocycles. The highest BCUT2D eigenvalue weighted by molar-refractivity contribution is 9.10. The summed E-state index contributed by atoms with van der Waals surface area (Å²) in [7, 11) is 0. The number of carbonyl (C=O) groups is 1. The topological polar surface area (TPSA) is 47.9 Å². The summed E-state index contributed by atoms with van der Waals surface area (Å²) >= 11 is 3.09. The summed E-state index contributed by atoms with van der Waals surface area (Å²) in [5.41, 5.74) is 0.666. The number of rotatable bonds is 3. The first-order valence-corrected chi connectivity index (χ1v) is 6.21. The predicted molar refractivity (Wildman–Crippen MR) is 66.8 cm³/mol. The minimum atomic E-state index is -0.734. The van der Waals surface area contributed by atoms with Crippen LogP contribution in [-0.4, -0.2) is 25.0 Å². The molecule has 0 saturated heterocycles. The van der Waals surface area contributed by atoms with E-state index in [1.807, 2.05) is 0 Å². The number of ether oxygens (including phenoxy) is 2. The van der Waals surface area contributed by atoms with E-state index in [9.17, 15) is 9.18 Å². The van der Waals surface area contributed by atoms with Crippen LogP contribution in [-0.2, 0) is 14.3 Å². The van der Waals surface area contributed by atoms with Crippen LogP contribution >= 0.6 is 15.9 Å². The van der Waals surface area contributed by atoms with Gasteiger partial charge >= 0.3 is 5.97 Å². The molecule has 1 aromatic rings. The van der Waals surface area contributed by atoms with Crippen molar-refractivity contribution in [2.24, 2.45) is 4.99 Å². The molecule has 2 unspecified atom stereocenters. The van der Waals surface area contributed by atoms with E-state index in [4.69, 9.17) is 9.47 Å². The molecule has 0 spiro atoms. The van der Waals surface area contributed by atoms with Crippen LogP contribution in [0.3, 0.4) is 0 Å². The van der Waals surface area contributed by atoms with Gasteiger partial charge in [-0.1, -0.05) is 6.07 Å². The Kier molecular flexibility index (Phi) is 3.96. The Morgan fingerprint density at radius 1 is 1.61 bits per heavy atom. The number of halogens is 2. The largest absolute Gasteiger partial charge is 0.473 e. The van der Waals surface area contributed by atoms with E-state index < -0.39 is 18.1 Å². The zero-order chi connectivity index (χ0) is 13.1. The standard InChI is InChI=1S/C12H11BrFNO3/c1-2-17-12(16)10-11(18-6-15-10)7-3-4-9(14)8(13)5-7/h3-6,10-11H,2H2,1H3. The van der Waals surface area contributed by atoms with Crippen molar-refractivity contribution >= 4 is 28.3 Å². The molecule has 0 aliphatic carbocycles. The van der Waals surface area contributed by atoms with Crippen LogP contribution < -0.4 is 0 Å². The maximum atomic E-state index is 13.2. The van der Waals surface area contributed by atoms with Gasteiger partial charge in [-0.25, -0.2) is 14.2 Å². The van der Waals surface area contributed by atoms with E-state index in [1.54, 1.807) is 19.1 Å². The zero-order valence-electron chi connectivity index (χ0n) is 9.60. The van der Waals surface area contributed by atoms with Gasteiger partial charge in [-0.15, -0.1) is 0 Å². The van der Waals surface area contributed by atoms with Crippen molar-refractivity contribution in [3.8, 4) is 0 Å². The Labute approximate surface area is 112 Å². The van der Waals surface area contributed by atoms with Crippen LogP contribution in [0, 0.1) is 5.82 Å². The van der Waals surface area contributed by atoms with Crippen LogP contribution in [0.25, 0.3) is 0 Å². The minimum absolute atomic E-state index is 0.282. The lowest BCUT2D eigenvalue weighted by Gasteiger charge is -2.16. The number of nitrogens with zero attached hydrogens (tertiary/aromatic N) is 1. The zero-order valence-corrected chi connectivity index (χ0v) is 11.2. The molecule has 1 aliphatic rings. The summed E-state index contributed by atoms with van der Waals surface area (Å²) in [5.74, 6) is -0.818. The fraction of sp³-hybridized carbons (Fsp3) is 0.333. The summed E-state index contributed by atoms with van der Waals surface area (Å²) < 4.78 is 23.7. The molecule has 2 atom stereocenters. The van der Waals surface area contributed by atoms with E-state index in [1.165, 1.54) is 12.5 Å². The SMILES string of the molecule is CCOC(=O)C1N=COC1c1ccc(F)c(Br)c1. The van der Waals surface area contributed by atoms with Crippen LogP contribution in [0.5, 0.6) is 0 Å². The van der Waals surface area contributed by atoms with Crippen LogP contribution in [0.15, 0.2) is 27.7 Å². The Bertz CT molecular complexity index is 492. The fourth-order valence-electron chi connectivity index (χ4n) is 1.68. The molecule has 0 radical (unpaired) electrons. The molecule has 96 valence electrons. The molecule has 0 aromatic heterocycles. The molecule has 0 amide bonds. The van der Waals surface area contributed by atoms with E-state index in [-0.39, 0.29) is 12.4 Å². The summed E-state index contributed by atoms with van der Waals surface area (Å²) in [6, 6.07) is 3.71. The molecular weight excluding hydrogens is 305 g/mol. The Balaban J connectivity index is 2.22. The second-order valence-electron chi connectivity index (χ2n) is 3.68. The molecule has 1 aromatic carbocycles. The molecule has 0 fully saturated rings. The molecule has 0 bridgehead atoms. The Morgan fingerprint density at radius 2 is 2.39 bits per heavy atom. The third kappa shape index (κ3) is 2.53. The predicted octanol–water partition coefficient (Wildman–Crippen LogP) is 2.62. The van der Waals surface area contributed by atoms with Crippen molar-refractivity contribution in [2.45, 2.75) is 19.1 Å². The van der Waals surface area contributed by atoms with Crippen molar-refractivity contribution in [1.82, 2.24) is 0 Å². The fourth-order valence-corrected chi connectivity index (χ4v) is 2.08. The van der Waals surface area contributed by atoms with Crippen molar-refractivity contribution in [3.05, 3.63) is 34.1 Å². The highest BCUT2D eigenvalue weighted by Crippen LogP contribution is 2.30. The summed E-state index contributed by atoms with van der Waals surface area (Å²) in [6.07, 6.45) is 0.657. The maximum absolute atomic E-state index is 13.2. The van der Waals surface area contributed by atoms with Gasteiger partial charge in [-0.3, -0.25) is 0 Å². The average molecular weight is 316 g/mol. The van der Waals surface area contributed by atoms with Crippen LogP contribution in [0.1, 0.15) is 18.6 Å². The Hall–Kier alpha value is -1.43. The average Bonchev–Trinajstić information content (AvgIpc) is 2.82. The summed E-state index contributed by atoms with van der Waals surface area (Å²) in [4.78, 5) is 15.6. The van der Waals surface area contributed by atoms with Crippen molar-refractivity contribution < 1.29 is 18.7 Å². The normalized spacial score (nSPS) is 21.7. The van der Waals surface area contributed by atoms with Gasteiger partial charge in [0.1, 0.15) is 5.82 Å². The molecule has 0 saturated carbocycles. The molecule has 6 heteroatoms. The molecule has 18 heavy (non-hydrogen) atoms. The van der Waals surface area contributed by atoms with Gasteiger partial charge in [-0.05, 0) is 40.5 Å². The second kappa shape index (κ2) is 5.48. The lowest BCUT2D eigenvalue weighted by molar-refractivity contribution is -0.146. The highest BCUT2D eigenvalue weighted by atomic mass is 79.9. The lowest BCUT2D eigenvalue weighted by atomic mass is 10.0. The number of benzene rings is 1. The van der Waals surface area contributed by atoms with E-state index in [2.05, 4.69) is 20.9 Å². The van der Waals surface area contributed by atoms with Gasteiger partial charge in [-0.2, -0.15) is 0 Å². The lowest BCUT2D eigenvalue weighted by Crippen LogP contribution is -2.26. The van der Waals surface area contributed by atoms with Crippen molar-refractivity contribution in [1.29, 1.82) is 0 Å². The number of esters is 1. The first-order valence-electron chi connectivity index (χ1n) is 5.42. The maximum Gasteiger partial charge on any atom is 0.335 e. The smallest absolute Gasteiger partial charge is 0.335 e. The van der Waals surface area contributed by atoms with Gasteiger partial charge in [0, 0.05) is 0 Å². The van der Waals surface area contributed by atoms with Gasteiger partial charge < -0.3 is 9.47 Å². The Morgan fingerprint density at radius 3 is 3.06 bits per heavy atom. The van der Waals surface area contributed by atoms with Crippen LogP contribution in [0.2, 0.25) is 0 Å². The van der Waals surface area contributed by atoms with E-state index in [0.29, 0.717) is 10.0 Å². The van der Waals surface area contributed by atoms with Crippen molar-refractivity contribution in [3.63, 3.8) is 0 Å². The van der Waals surface area contributed by atoms with Crippen LogP contribution in [0.4, 0.5) is 4.39 Å². The van der Waals surface area contributed by atoms with E-state index >= 15 is 0 Å². The number of aliphatic imine (C=N–C) groups is 1. The van der Waals surface area contributed by atoms with Gasteiger partial charge in [0.2, 0.25) is 0 Å². The number of hydrogen-bond donors (Lipinski definition) is 0. The summed E-state index contributed by atoms with van der Waals surface area (Å²) in [6.45, 7) is 2.01. The molecule has 4 nitrogen and oxygen atoms in total. The molecule has 0 N–H and O–H groups in total. The molecular formula is C12H11BrFNO3. The highest BCUT2D eigenvalue weighted by Gasteiger charge is 2.35. The van der Waals surface area contributed by atoms with Crippen molar-refractivity contribution in [2.75, 3.05) is 6.61 Å².